The fraction of sp³-hybridized carbons (Fsp3) is 0.182. The van der Waals surface area contributed by atoms with Crippen LogP contribution in [0.3, 0.4) is 0 Å². The number of furan rings is 1. The summed E-state index contributed by atoms with van der Waals surface area (Å²) in [6.45, 7) is 2.17. The van der Waals surface area contributed by atoms with E-state index < -0.39 is 16.8 Å². The Hall–Kier alpha value is -3.94. The summed E-state index contributed by atoms with van der Waals surface area (Å²) in [5, 5.41) is 11.3. The summed E-state index contributed by atoms with van der Waals surface area (Å²) in [7, 11) is 0. The second kappa shape index (κ2) is 9.51. The molecule has 154 valence electrons. The number of non-ortho nitro benzene ring substituents is 1. The molecule has 0 aliphatic carbocycles. The number of hydrogen-bond acceptors (Lipinski definition) is 6. The van der Waals surface area contributed by atoms with Crippen molar-refractivity contribution in [2.75, 3.05) is 6.61 Å². The molecule has 0 saturated heterocycles. The van der Waals surface area contributed by atoms with E-state index in [1.807, 2.05) is 30.3 Å². The van der Waals surface area contributed by atoms with Crippen LogP contribution in [0.2, 0.25) is 0 Å². The third-order valence-electron chi connectivity index (χ3n) is 4.32. The van der Waals surface area contributed by atoms with Crippen molar-refractivity contribution in [2.24, 2.45) is 0 Å². The van der Waals surface area contributed by atoms with Crippen LogP contribution in [-0.2, 0) is 17.8 Å². The summed E-state index contributed by atoms with van der Waals surface area (Å²) >= 11 is 0. The van der Waals surface area contributed by atoms with E-state index in [4.69, 9.17) is 9.15 Å². The van der Waals surface area contributed by atoms with Gasteiger partial charge in [-0.25, -0.2) is 4.79 Å². The molecule has 0 saturated carbocycles. The first-order chi connectivity index (χ1) is 14.5. The molecular weight excluding hydrogens is 388 g/mol. The summed E-state index contributed by atoms with van der Waals surface area (Å²) in [6.07, 6.45) is 1.51. The number of benzene rings is 2. The predicted molar refractivity (Wildman–Crippen MR) is 108 cm³/mol. The highest BCUT2D eigenvalue weighted by atomic mass is 16.6. The molecule has 30 heavy (non-hydrogen) atoms. The van der Waals surface area contributed by atoms with Crippen LogP contribution in [0.4, 0.5) is 5.69 Å². The smallest absolute Gasteiger partial charge is 0.338 e. The minimum atomic E-state index is -0.726. The van der Waals surface area contributed by atoms with E-state index >= 15 is 0 Å². The topological polar surface area (TPSA) is 103 Å². The number of ether oxygens (including phenoxy) is 1. The molecule has 1 aromatic heterocycles. The summed E-state index contributed by atoms with van der Waals surface area (Å²) in [6, 6.07) is 16.4. The summed E-state index contributed by atoms with van der Waals surface area (Å²) in [4.78, 5) is 37.6. The molecular formula is C22H20N2O6. The van der Waals surface area contributed by atoms with Crippen LogP contribution >= 0.6 is 0 Å². The van der Waals surface area contributed by atoms with Gasteiger partial charge in [0.2, 0.25) is 0 Å². The lowest BCUT2D eigenvalue weighted by Gasteiger charge is -2.22. The fourth-order valence-electron chi connectivity index (χ4n) is 2.95. The van der Waals surface area contributed by atoms with Gasteiger partial charge >= 0.3 is 5.97 Å². The molecule has 3 rings (SSSR count). The van der Waals surface area contributed by atoms with Crippen molar-refractivity contribution in [3.8, 4) is 0 Å². The SMILES string of the molecule is CCOC(=O)c1cc(C(=O)N(Cc2ccccc2)Cc2ccco2)cc([N+](=O)[O-])c1. The monoisotopic (exact) mass is 408 g/mol. The van der Waals surface area contributed by atoms with Crippen LogP contribution in [0.5, 0.6) is 0 Å². The van der Waals surface area contributed by atoms with E-state index in [0.717, 1.165) is 17.7 Å². The Bertz CT molecular complexity index is 1030. The Labute approximate surface area is 172 Å². The normalized spacial score (nSPS) is 10.4. The summed E-state index contributed by atoms with van der Waals surface area (Å²) < 4.78 is 10.3. The van der Waals surface area contributed by atoms with Crippen LogP contribution in [0.25, 0.3) is 0 Å². The number of nitro groups is 1. The number of rotatable bonds is 8. The van der Waals surface area contributed by atoms with Crippen LogP contribution < -0.4 is 0 Å². The van der Waals surface area contributed by atoms with Gasteiger partial charge in [-0.15, -0.1) is 0 Å². The number of nitrogens with zero attached hydrogens (tertiary/aromatic N) is 2. The lowest BCUT2D eigenvalue weighted by molar-refractivity contribution is -0.384. The number of nitro benzene ring substituents is 1. The van der Waals surface area contributed by atoms with Gasteiger partial charge in [0.15, 0.2) is 0 Å². The molecule has 0 aliphatic rings. The van der Waals surface area contributed by atoms with Crippen LogP contribution in [0, 0.1) is 10.1 Å². The summed E-state index contributed by atoms with van der Waals surface area (Å²) in [5.74, 6) is -0.629. The van der Waals surface area contributed by atoms with Gasteiger partial charge < -0.3 is 14.1 Å². The number of esters is 1. The van der Waals surface area contributed by atoms with E-state index in [2.05, 4.69) is 0 Å². The molecule has 0 atom stereocenters. The Morgan fingerprint density at radius 1 is 1.03 bits per heavy atom. The van der Waals surface area contributed by atoms with Crippen molar-refractivity contribution in [3.63, 3.8) is 0 Å². The number of carbonyl (C=O) groups is 2. The van der Waals surface area contributed by atoms with Crippen molar-refractivity contribution >= 4 is 17.6 Å². The maximum atomic E-state index is 13.3. The molecule has 0 spiro atoms. The zero-order valence-electron chi connectivity index (χ0n) is 16.3. The predicted octanol–water partition coefficient (Wildman–Crippen LogP) is 4.21. The van der Waals surface area contributed by atoms with Gasteiger partial charge in [0.05, 0.1) is 29.9 Å². The largest absolute Gasteiger partial charge is 0.467 e. The third kappa shape index (κ3) is 5.11. The summed E-state index contributed by atoms with van der Waals surface area (Å²) in [5.41, 5.74) is 0.497. The minimum absolute atomic E-state index is 0.0229. The molecule has 0 fully saturated rings. The maximum absolute atomic E-state index is 13.3. The van der Waals surface area contributed by atoms with Crippen LogP contribution in [-0.4, -0.2) is 28.3 Å². The first-order valence-electron chi connectivity index (χ1n) is 9.30. The molecule has 3 aromatic rings. The molecule has 8 heteroatoms. The zero-order valence-corrected chi connectivity index (χ0v) is 16.3. The molecule has 0 bridgehead atoms. The van der Waals surface area contributed by atoms with Crippen molar-refractivity contribution < 1.29 is 23.7 Å². The van der Waals surface area contributed by atoms with Crippen molar-refractivity contribution in [3.05, 3.63) is 99.5 Å². The van der Waals surface area contributed by atoms with Crippen molar-refractivity contribution in [2.45, 2.75) is 20.0 Å². The molecule has 0 N–H and O–H groups in total. The molecule has 0 unspecified atom stereocenters. The number of hydrogen-bond donors (Lipinski definition) is 0. The first-order valence-corrected chi connectivity index (χ1v) is 9.30. The van der Waals surface area contributed by atoms with Gasteiger partial charge in [-0.05, 0) is 30.7 Å². The van der Waals surface area contributed by atoms with Gasteiger partial charge in [0.1, 0.15) is 5.76 Å². The van der Waals surface area contributed by atoms with Crippen molar-refractivity contribution in [1.29, 1.82) is 0 Å². The number of amides is 1. The highest BCUT2D eigenvalue weighted by Gasteiger charge is 2.23. The van der Waals surface area contributed by atoms with Gasteiger partial charge in [-0.1, -0.05) is 30.3 Å². The molecule has 2 aromatic carbocycles. The Morgan fingerprint density at radius 2 is 1.77 bits per heavy atom. The third-order valence-corrected chi connectivity index (χ3v) is 4.32. The zero-order chi connectivity index (χ0) is 21.5. The molecule has 1 heterocycles. The van der Waals surface area contributed by atoms with Crippen LogP contribution in [0.15, 0.2) is 71.3 Å². The highest BCUT2D eigenvalue weighted by Crippen LogP contribution is 2.21. The van der Waals surface area contributed by atoms with Gasteiger partial charge in [0, 0.05) is 24.2 Å². The standard InChI is InChI=1S/C22H20N2O6/c1-2-29-22(26)18-11-17(12-19(13-18)24(27)28)21(25)23(15-20-9-6-10-30-20)14-16-7-4-3-5-8-16/h3-13H,2,14-15H2,1H3. The fourth-order valence-corrected chi connectivity index (χ4v) is 2.95. The second-order valence-electron chi connectivity index (χ2n) is 6.47. The van der Waals surface area contributed by atoms with E-state index in [9.17, 15) is 19.7 Å². The van der Waals surface area contributed by atoms with E-state index in [-0.39, 0.29) is 36.5 Å². The number of carbonyl (C=O) groups excluding carboxylic acids is 2. The molecule has 0 aliphatic heterocycles. The quantitative estimate of drug-likeness (QED) is 0.314. The second-order valence-corrected chi connectivity index (χ2v) is 6.47. The van der Waals surface area contributed by atoms with Crippen molar-refractivity contribution in [1.82, 2.24) is 4.90 Å². The average molecular weight is 408 g/mol. The molecule has 1 amide bonds. The highest BCUT2D eigenvalue weighted by molar-refractivity contribution is 5.99. The Morgan fingerprint density at radius 3 is 2.40 bits per heavy atom. The first kappa shape index (κ1) is 20.8. The van der Waals surface area contributed by atoms with E-state index in [1.54, 1.807) is 19.1 Å². The Kier molecular flexibility index (Phi) is 6.59. The minimum Gasteiger partial charge on any atom is -0.467 e. The molecule has 0 radical (unpaired) electrons. The van der Waals surface area contributed by atoms with Crippen LogP contribution in [0.1, 0.15) is 39.0 Å². The van der Waals surface area contributed by atoms with E-state index in [1.165, 1.54) is 17.2 Å². The van der Waals surface area contributed by atoms with Gasteiger partial charge in [-0.3, -0.25) is 14.9 Å². The molecule has 8 nitrogen and oxygen atoms in total. The lowest BCUT2D eigenvalue weighted by atomic mass is 10.1. The van der Waals surface area contributed by atoms with Gasteiger partial charge in [0.25, 0.3) is 11.6 Å². The maximum Gasteiger partial charge on any atom is 0.338 e. The van der Waals surface area contributed by atoms with Gasteiger partial charge in [-0.2, -0.15) is 0 Å². The van der Waals surface area contributed by atoms with E-state index in [0.29, 0.717) is 5.76 Å². The average Bonchev–Trinajstić information content (AvgIpc) is 3.26. The lowest BCUT2D eigenvalue weighted by Crippen LogP contribution is -2.30. The Balaban J connectivity index is 1.97.